The Balaban J connectivity index is 1.92. The van der Waals surface area contributed by atoms with Gasteiger partial charge in [-0.05, 0) is 44.2 Å². The van der Waals surface area contributed by atoms with Crippen molar-refractivity contribution in [2.75, 3.05) is 32.1 Å². The van der Waals surface area contributed by atoms with Crippen molar-refractivity contribution in [1.29, 1.82) is 0 Å². The van der Waals surface area contributed by atoms with E-state index in [4.69, 9.17) is 4.74 Å². The molecule has 13 heteroatoms. The van der Waals surface area contributed by atoms with E-state index in [0.29, 0.717) is 5.56 Å². The smallest absolute Gasteiger partial charge is 0.389 e. The Bertz CT molecular complexity index is 1330. The van der Waals surface area contributed by atoms with Gasteiger partial charge in [-0.3, -0.25) is 9.59 Å². The molecular weight excluding hydrogens is 563 g/mol. The van der Waals surface area contributed by atoms with Gasteiger partial charge < -0.3 is 20.1 Å². The third kappa shape index (κ3) is 8.66. The molecule has 0 aromatic heterocycles. The molecule has 2 aromatic rings. The SMILES string of the molecule is Cc1ccc(S(=O)(=O)N(C)C[C@@H]2Oc3ccc(NC(=O)CCC(F)(F)F)cc3CC(=O)N([C@@H](C)CO)C[C@H]2C)cc1. The number of sulfonamides is 1. The number of aryl methyl sites for hydroxylation is 1. The van der Waals surface area contributed by atoms with Gasteiger partial charge in [0.25, 0.3) is 0 Å². The molecule has 3 atom stereocenters. The number of hydrogen-bond donors (Lipinski definition) is 2. The number of benzene rings is 2. The van der Waals surface area contributed by atoms with Gasteiger partial charge in [-0.2, -0.15) is 17.5 Å². The van der Waals surface area contributed by atoms with Crippen LogP contribution in [0.1, 0.15) is 37.8 Å². The van der Waals surface area contributed by atoms with Gasteiger partial charge in [-0.1, -0.05) is 24.6 Å². The molecule has 1 heterocycles. The first-order valence-electron chi connectivity index (χ1n) is 13.2. The normalized spacial score (nSPS) is 19.0. The molecule has 9 nitrogen and oxygen atoms in total. The van der Waals surface area contributed by atoms with Crippen molar-refractivity contribution >= 4 is 27.5 Å². The zero-order chi connectivity index (χ0) is 30.5. The largest absolute Gasteiger partial charge is 0.488 e. The molecule has 2 aromatic carbocycles. The molecule has 2 N–H and O–H groups in total. The molecule has 1 aliphatic heterocycles. The number of anilines is 1. The lowest BCUT2D eigenvalue weighted by Crippen LogP contribution is -2.48. The summed E-state index contributed by atoms with van der Waals surface area (Å²) in [7, 11) is -2.42. The Morgan fingerprint density at radius 2 is 1.88 bits per heavy atom. The van der Waals surface area contributed by atoms with Gasteiger partial charge in [-0.15, -0.1) is 0 Å². The Morgan fingerprint density at radius 1 is 1.22 bits per heavy atom. The van der Waals surface area contributed by atoms with Crippen LogP contribution in [0.5, 0.6) is 5.75 Å². The fourth-order valence-electron chi connectivity index (χ4n) is 4.45. The van der Waals surface area contributed by atoms with Crippen molar-refractivity contribution in [3.63, 3.8) is 0 Å². The minimum absolute atomic E-state index is 0.0533. The fourth-order valence-corrected chi connectivity index (χ4v) is 5.63. The number of alkyl halides is 3. The summed E-state index contributed by atoms with van der Waals surface area (Å²) in [6.07, 6.45) is -7.37. The number of nitrogens with zero attached hydrogens (tertiary/aromatic N) is 2. The van der Waals surface area contributed by atoms with Crippen molar-refractivity contribution in [1.82, 2.24) is 9.21 Å². The number of halogens is 3. The summed E-state index contributed by atoms with van der Waals surface area (Å²) >= 11 is 0. The van der Waals surface area contributed by atoms with E-state index in [1.165, 1.54) is 46.6 Å². The summed E-state index contributed by atoms with van der Waals surface area (Å²) in [6.45, 7) is 5.19. The van der Waals surface area contributed by atoms with Gasteiger partial charge in [0.15, 0.2) is 0 Å². The minimum atomic E-state index is -4.47. The number of nitrogens with one attached hydrogen (secondary N) is 1. The first-order valence-corrected chi connectivity index (χ1v) is 14.6. The highest BCUT2D eigenvalue weighted by Gasteiger charge is 2.34. The Kier molecular flexibility index (Phi) is 10.4. The zero-order valence-electron chi connectivity index (χ0n) is 23.4. The van der Waals surface area contributed by atoms with Gasteiger partial charge in [0.2, 0.25) is 21.8 Å². The number of aliphatic hydroxyl groups excluding tert-OH is 1. The molecule has 0 radical (unpaired) electrons. The number of amides is 2. The second-order valence-electron chi connectivity index (χ2n) is 10.5. The Hall–Kier alpha value is -3.16. The second-order valence-corrected chi connectivity index (χ2v) is 12.5. The van der Waals surface area contributed by atoms with Crippen LogP contribution < -0.4 is 10.1 Å². The lowest BCUT2D eigenvalue weighted by molar-refractivity contribution is -0.142. The number of fused-ring (bicyclic) bond motifs is 1. The number of likely N-dealkylation sites (N-methyl/N-ethyl adjacent to an activating group) is 1. The number of carbonyl (C=O) groups is 2. The van der Waals surface area contributed by atoms with Crippen molar-refractivity contribution < 1.29 is 41.0 Å². The lowest BCUT2D eigenvalue weighted by Gasteiger charge is -2.33. The van der Waals surface area contributed by atoms with Crippen LogP contribution in [-0.4, -0.2) is 79.6 Å². The van der Waals surface area contributed by atoms with Crippen molar-refractivity contribution in [2.24, 2.45) is 5.92 Å². The van der Waals surface area contributed by atoms with E-state index in [2.05, 4.69) is 5.32 Å². The highest BCUT2D eigenvalue weighted by atomic mass is 32.2. The molecule has 0 unspecified atom stereocenters. The topological polar surface area (TPSA) is 116 Å². The molecule has 41 heavy (non-hydrogen) atoms. The van der Waals surface area contributed by atoms with Crippen LogP contribution in [-0.2, 0) is 26.0 Å². The number of ether oxygens (including phenoxy) is 1. The van der Waals surface area contributed by atoms with Crippen molar-refractivity contribution in [2.45, 2.75) is 63.3 Å². The molecule has 226 valence electrons. The van der Waals surface area contributed by atoms with E-state index in [1.807, 2.05) is 13.8 Å². The molecule has 3 rings (SSSR count). The maximum Gasteiger partial charge on any atom is 0.389 e. The first kappa shape index (κ1) is 32.4. The molecule has 0 spiro atoms. The van der Waals surface area contributed by atoms with E-state index < -0.39 is 47.1 Å². The predicted octanol–water partition coefficient (Wildman–Crippen LogP) is 3.75. The summed E-state index contributed by atoms with van der Waals surface area (Å²) in [5, 5.41) is 12.2. The molecule has 0 bridgehead atoms. The van der Waals surface area contributed by atoms with Crippen LogP contribution in [0.2, 0.25) is 0 Å². The lowest BCUT2D eigenvalue weighted by atomic mass is 10.0. The summed E-state index contributed by atoms with van der Waals surface area (Å²) in [4.78, 5) is 27.0. The van der Waals surface area contributed by atoms with Gasteiger partial charge in [-0.25, -0.2) is 8.42 Å². The predicted molar refractivity (Wildman–Crippen MR) is 147 cm³/mol. The maximum atomic E-state index is 13.3. The molecule has 0 aliphatic carbocycles. The number of aliphatic hydroxyl groups is 1. The highest BCUT2D eigenvalue weighted by Crippen LogP contribution is 2.30. The van der Waals surface area contributed by atoms with Crippen molar-refractivity contribution in [3.8, 4) is 5.75 Å². The average Bonchev–Trinajstić information content (AvgIpc) is 2.94. The van der Waals surface area contributed by atoms with Gasteiger partial charge >= 0.3 is 6.18 Å². The van der Waals surface area contributed by atoms with Crippen LogP contribution in [0, 0.1) is 12.8 Å². The first-order chi connectivity index (χ1) is 19.1. The van der Waals surface area contributed by atoms with Crippen LogP contribution in [0.3, 0.4) is 0 Å². The molecule has 1 aliphatic rings. The van der Waals surface area contributed by atoms with Crippen LogP contribution in [0.25, 0.3) is 0 Å². The molecule has 0 saturated heterocycles. The second kappa shape index (κ2) is 13.2. The summed E-state index contributed by atoms with van der Waals surface area (Å²) in [5.74, 6) is -1.24. The van der Waals surface area contributed by atoms with Crippen LogP contribution in [0.15, 0.2) is 47.4 Å². The van der Waals surface area contributed by atoms with Gasteiger partial charge in [0.1, 0.15) is 11.9 Å². The number of hydrogen-bond acceptors (Lipinski definition) is 6. The third-order valence-corrected chi connectivity index (χ3v) is 8.84. The Labute approximate surface area is 238 Å². The minimum Gasteiger partial charge on any atom is -0.488 e. The van der Waals surface area contributed by atoms with Gasteiger partial charge in [0.05, 0.1) is 36.9 Å². The van der Waals surface area contributed by atoms with Crippen LogP contribution >= 0.6 is 0 Å². The number of rotatable bonds is 9. The van der Waals surface area contributed by atoms with Gasteiger partial charge in [0, 0.05) is 37.2 Å². The molecule has 0 saturated carbocycles. The highest BCUT2D eigenvalue weighted by molar-refractivity contribution is 7.89. The Morgan fingerprint density at radius 3 is 2.49 bits per heavy atom. The summed E-state index contributed by atoms with van der Waals surface area (Å²) in [5.41, 5.74) is 1.47. The number of carbonyl (C=O) groups excluding carboxylic acids is 2. The molecule has 0 fully saturated rings. The molecule has 2 amide bonds. The summed E-state index contributed by atoms with van der Waals surface area (Å²) in [6, 6.07) is 10.3. The third-order valence-electron chi connectivity index (χ3n) is 7.00. The van der Waals surface area contributed by atoms with E-state index >= 15 is 0 Å². The standard InChI is InChI=1S/C28H36F3N3O6S/c1-18-5-8-23(9-6-18)41(38,39)33(4)16-25-19(2)15-34(20(3)17-35)27(37)14-21-13-22(7-10-24(21)40-25)32-26(36)11-12-28(29,30)31/h5-10,13,19-20,25,35H,11-12,14-17H2,1-4H3,(H,32,36)/t19-,20+,25+/m1/s1. The molecular formula is C28H36F3N3O6S. The van der Waals surface area contributed by atoms with E-state index in [0.717, 1.165) is 5.56 Å². The van der Waals surface area contributed by atoms with E-state index in [-0.39, 0.29) is 54.3 Å². The fraction of sp³-hybridized carbons (Fsp3) is 0.500. The van der Waals surface area contributed by atoms with Crippen LogP contribution in [0.4, 0.5) is 18.9 Å². The quantitative estimate of drug-likeness (QED) is 0.454. The van der Waals surface area contributed by atoms with Crippen molar-refractivity contribution in [3.05, 3.63) is 53.6 Å². The average molecular weight is 600 g/mol. The van der Waals surface area contributed by atoms with E-state index in [9.17, 15) is 36.3 Å². The maximum absolute atomic E-state index is 13.3. The van der Waals surface area contributed by atoms with E-state index in [1.54, 1.807) is 19.1 Å². The zero-order valence-corrected chi connectivity index (χ0v) is 24.3. The monoisotopic (exact) mass is 599 g/mol. The summed E-state index contributed by atoms with van der Waals surface area (Å²) < 4.78 is 71.6.